The van der Waals surface area contributed by atoms with Crippen molar-refractivity contribution in [3.8, 4) is 5.75 Å². The van der Waals surface area contributed by atoms with E-state index in [0.717, 1.165) is 22.7 Å². The Balaban J connectivity index is 2.38. The van der Waals surface area contributed by atoms with Crippen LogP contribution in [-0.4, -0.2) is 17.1 Å². The topological polar surface area (TPSA) is 63.9 Å². The molecule has 96 valence electrons. The van der Waals surface area contributed by atoms with Crippen molar-refractivity contribution in [2.45, 2.75) is 25.8 Å². The SMILES string of the molecule is COc1ccc(C(N)c2ncc[nH]2)cc1C(C)C. The molecule has 0 radical (unpaired) electrons. The number of benzene rings is 1. The lowest BCUT2D eigenvalue weighted by atomic mass is 9.96. The molecule has 0 saturated heterocycles. The Morgan fingerprint density at radius 3 is 2.67 bits per heavy atom. The van der Waals surface area contributed by atoms with Gasteiger partial charge in [0.1, 0.15) is 11.6 Å². The van der Waals surface area contributed by atoms with Crippen molar-refractivity contribution >= 4 is 0 Å². The molecule has 1 heterocycles. The van der Waals surface area contributed by atoms with Gasteiger partial charge in [-0.3, -0.25) is 0 Å². The highest BCUT2D eigenvalue weighted by molar-refractivity contribution is 5.41. The second kappa shape index (κ2) is 5.23. The van der Waals surface area contributed by atoms with Crippen LogP contribution in [0.15, 0.2) is 30.6 Å². The zero-order valence-corrected chi connectivity index (χ0v) is 11.0. The van der Waals surface area contributed by atoms with Gasteiger partial charge in [0.05, 0.1) is 13.2 Å². The molecule has 0 aliphatic rings. The molecule has 1 aromatic carbocycles. The summed E-state index contributed by atoms with van der Waals surface area (Å²) in [6, 6.07) is 5.81. The predicted molar refractivity (Wildman–Crippen MR) is 71.7 cm³/mol. The van der Waals surface area contributed by atoms with E-state index in [4.69, 9.17) is 10.5 Å². The molecule has 4 heteroatoms. The van der Waals surface area contributed by atoms with Gasteiger partial charge in [-0.1, -0.05) is 19.9 Å². The molecule has 0 bridgehead atoms. The van der Waals surface area contributed by atoms with E-state index in [2.05, 4.69) is 29.9 Å². The van der Waals surface area contributed by atoms with Crippen LogP contribution in [0.1, 0.15) is 42.8 Å². The summed E-state index contributed by atoms with van der Waals surface area (Å²) in [5, 5.41) is 0. The van der Waals surface area contributed by atoms with E-state index in [1.54, 1.807) is 19.5 Å². The molecule has 1 atom stereocenters. The summed E-state index contributed by atoms with van der Waals surface area (Å²) in [5.41, 5.74) is 8.39. The highest BCUT2D eigenvalue weighted by Crippen LogP contribution is 2.29. The van der Waals surface area contributed by atoms with Crippen LogP contribution in [0.4, 0.5) is 0 Å². The molecule has 0 aliphatic heterocycles. The zero-order chi connectivity index (χ0) is 13.1. The third kappa shape index (κ3) is 2.38. The standard InChI is InChI=1S/C14H19N3O/c1-9(2)11-8-10(4-5-12(11)18-3)13(15)14-16-6-7-17-14/h4-9,13H,15H2,1-3H3,(H,16,17). The van der Waals surface area contributed by atoms with E-state index in [0.29, 0.717) is 5.92 Å². The number of nitrogens with one attached hydrogen (secondary N) is 1. The molecule has 2 aromatic rings. The van der Waals surface area contributed by atoms with Crippen molar-refractivity contribution in [1.82, 2.24) is 9.97 Å². The highest BCUT2D eigenvalue weighted by atomic mass is 16.5. The molecule has 0 saturated carbocycles. The summed E-state index contributed by atoms with van der Waals surface area (Å²) in [4.78, 5) is 7.24. The van der Waals surface area contributed by atoms with Gasteiger partial charge in [-0.05, 0) is 29.2 Å². The van der Waals surface area contributed by atoms with Gasteiger partial charge in [-0.2, -0.15) is 0 Å². The van der Waals surface area contributed by atoms with Crippen LogP contribution in [0, 0.1) is 0 Å². The number of imidazole rings is 1. The minimum absolute atomic E-state index is 0.233. The van der Waals surface area contributed by atoms with Crippen LogP contribution in [0.25, 0.3) is 0 Å². The van der Waals surface area contributed by atoms with Gasteiger partial charge >= 0.3 is 0 Å². The minimum atomic E-state index is -0.233. The van der Waals surface area contributed by atoms with Gasteiger partial charge in [0.15, 0.2) is 0 Å². The average Bonchev–Trinajstić information content (AvgIpc) is 2.90. The van der Waals surface area contributed by atoms with Crippen molar-refractivity contribution in [2.24, 2.45) is 5.73 Å². The maximum absolute atomic E-state index is 6.19. The summed E-state index contributed by atoms with van der Waals surface area (Å²) in [6.45, 7) is 4.28. The van der Waals surface area contributed by atoms with Crippen molar-refractivity contribution < 1.29 is 4.74 Å². The summed E-state index contributed by atoms with van der Waals surface area (Å²) < 4.78 is 5.37. The fraction of sp³-hybridized carbons (Fsp3) is 0.357. The first-order chi connectivity index (χ1) is 8.63. The van der Waals surface area contributed by atoms with Gasteiger partial charge in [-0.25, -0.2) is 4.98 Å². The number of nitrogens with zero attached hydrogens (tertiary/aromatic N) is 1. The summed E-state index contributed by atoms with van der Waals surface area (Å²) in [5.74, 6) is 2.07. The number of methoxy groups -OCH3 is 1. The maximum atomic E-state index is 6.19. The number of aromatic amines is 1. The van der Waals surface area contributed by atoms with Gasteiger partial charge in [0.25, 0.3) is 0 Å². The van der Waals surface area contributed by atoms with Crippen LogP contribution in [-0.2, 0) is 0 Å². The average molecular weight is 245 g/mol. The lowest BCUT2D eigenvalue weighted by Crippen LogP contribution is -2.14. The molecule has 1 aromatic heterocycles. The van der Waals surface area contributed by atoms with E-state index < -0.39 is 0 Å². The number of hydrogen-bond acceptors (Lipinski definition) is 3. The van der Waals surface area contributed by atoms with Crippen LogP contribution < -0.4 is 10.5 Å². The molecule has 4 nitrogen and oxygen atoms in total. The van der Waals surface area contributed by atoms with Gasteiger partial charge in [0.2, 0.25) is 0 Å². The Morgan fingerprint density at radius 1 is 1.33 bits per heavy atom. The monoisotopic (exact) mass is 245 g/mol. The Hall–Kier alpha value is -1.81. The van der Waals surface area contributed by atoms with Crippen molar-refractivity contribution in [3.05, 3.63) is 47.5 Å². The van der Waals surface area contributed by atoms with Crippen LogP contribution in [0.5, 0.6) is 5.75 Å². The quantitative estimate of drug-likeness (QED) is 0.870. The summed E-state index contributed by atoms with van der Waals surface area (Å²) in [7, 11) is 1.69. The number of aromatic nitrogens is 2. The smallest absolute Gasteiger partial charge is 0.127 e. The van der Waals surface area contributed by atoms with Gasteiger partial charge < -0.3 is 15.5 Å². The van der Waals surface area contributed by atoms with E-state index >= 15 is 0 Å². The molecule has 1 unspecified atom stereocenters. The molecular weight excluding hydrogens is 226 g/mol. The number of hydrogen-bond donors (Lipinski definition) is 2. The maximum Gasteiger partial charge on any atom is 0.127 e. The number of ether oxygens (including phenoxy) is 1. The van der Waals surface area contributed by atoms with Gasteiger partial charge in [0, 0.05) is 12.4 Å². The molecule has 0 spiro atoms. The Morgan fingerprint density at radius 2 is 2.11 bits per heavy atom. The highest BCUT2D eigenvalue weighted by Gasteiger charge is 2.15. The van der Waals surface area contributed by atoms with Crippen molar-refractivity contribution in [3.63, 3.8) is 0 Å². The third-order valence-corrected chi connectivity index (χ3v) is 3.05. The fourth-order valence-electron chi connectivity index (χ4n) is 2.00. The van der Waals surface area contributed by atoms with E-state index in [1.165, 1.54) is 0 Å². The first-order valence-electron chi connectivity index (χ1n) is 6.06. The van der Waals surface area contributed by atoms with E-state index in [-0.39, 0.29) is 6.04 Å². The minimum Gasteiger partial charge on any atom is -0.496 e. The fourth-order valence-corrected chi connectivity index (χ4v) is 2.00. The molecule has 0 aliphatic carbocycles. The number of nitrogens with two attached hydrogens (primary N) is 1. The van der Waals surface area contributed by atoms with E-state index in [9.17, 15) is 0 Å². The zero-order valence-electron chi connectivity index (χ0n) is 11.0. The van der Waals surface area contributed by atoms with Crippen LogP contribution >= 0.6 is 0 Å². The lowest BCUT2D eigenvalue weighted by molar-refractivity contribution is 0.407. The molecule has 0 amide bonds. The third-order valence-electron chi connectivity index (χ3n) is 3.05. The number of H-pyrrole nitrogens is 1. The first kappa shape index (κ1) is 12.6. The molecule has 18 heavy (non-hydrogen) atoms. The first-order valence-corrected chi connectivity index (χ1v) is 6.06. The van der Waals surface area contributed by atoms with Crippen LogP contribution in [0.2, 0.25) is 0 Å². The summed E-state index contributed by atoms with van der Waals surface area (Å²) >= 11 is 0. The van der Waals surface area contributed by atoms with Crippen LogP contribution in [0.3, 0.4) is 0 Å². The predicted octanol–water partition coefficient (Wildman–Crippen LogP) is 2.59. The molecular formula is C14H19N3O. The second-order valence-corrected chi connectivity index (χ2v) is 4.61. The largest absolute Gasteiger partial charge is 0.496 e. The van der Waals surface area contributed by atoms with E-state index in [1.807, 2.05) is 12.1 Å². The van der Waals surface area contributed by atoms with Gasteiger partial charge in [-0.15, -0.1) is 0 Å². The number of rotatable bonds is 4. The lowest BCUT2D eigenvalue weighted by Gasteiger charge is -2.16. The van der Waals surface area contributed by atoms with Crippen molar-refractivity contribution in [1.29, 1.82) is 0 Å². The Bertz CT molecular complexity index is 506. The summed E-state index contributed by atoms with van der Waals surface area (Å²) in [6.07, 6.45) is 3.49. The Kier molecular flexibility index (Phi) is 3.67. The Labute approximate surface area is 107 Å². The molecule has 0 fully saturated rings. The normalized spacial score (nSPS) is 12.7. The van der Waals surface area contributed by atoms with Crippen molar-refractivity contribution in [2.75, 3.05) is 7.11 Å². The molecule has 2 rings (SSSR count). The molecule has 3 N–H and O–H groups in total. The second-order valence-electron chi connectivity index (χ2n) is 4.61.